The van der Waals surface area contributed by atoms with Crippen molar-refractivity contribution >= 4 is 17.7 Å². The molecule has 1 aromatic carbocycles. The van der Waals surface area contributed by atoms with E-state index >= 15 is 0 Å². The van der Waals surface area contributed by atoms with E-state index in [4.69, 9.17) is 16.3 Å². The second kappa shape index (κ2) is 7.79. The van der Waals surface area contributed by atoms with Gasteiger partial charge in [0.1, 0.15) is 0 Å². The first-order valence-corrected chi connectivity index (χ1v) is 9.58. The summed E-state index contributed by atoms with van der Waals surface area (Å²) >= 11 is 5.93. The molecule has 0 aliphatic carbocycles. The molecule has 1 aromatic rings. The van der Waals surface area contributed by atoms with Crippen LogP contribution in [0.4, 0.5) is 4.79 Å². The number of nitrogens with zero attached hydrogens (tertiary/aromatic N) is 2. The first-order chi connectivity index (χ1) is 12.0. The Morgan fingerprint density at radius 2 is 1.88 bits per heavy atom. The molecule has 0 saturated carbocycles. The second-order valence-corrected chi connectivity index (χ2v) is 7.47. The number of unbranched alkanes of at least 4 members (excludes halogenated alkanes) is 1. The highest BCUT2D eigenvalue weighted by atomic mass is 35.5. The van der Waals surface area contributed by atoms with E-state index in [0.717, 1.165) is 69.0 Å². The van der Waals surface area contributed by atoms with Crippen LogP contribution in [0.25, 0.3) is 0 Å². The highest BCUT2D eigenvalue weighted by Gasteiger charge is 2.49. The van der Waals surface area contributed by atoms with E-state index in [0.29, 0.717) is 0 Å². The molecule has 2 aliphatic rings. The van der Waals surface area contributed by atoms with Gasteiger partial charge in [-0.15, -0.1) is 0 Å². The van der Waals surface area contributed by atoms with Gasteiger partial charge in [-0.2, -0.15) is 0 Å². The molecule has 2 fully saturated rings. The summed E-state index contributed by atoms with van der Waals surface area (Å²) in [4.78, 5) is 16.4. The van der Waals surface area contributed by atoms with E-state index in [-0.39, 0.29) is 6.09 Å². The summed E-state index contributed by atoms with van der Waals surface area (Å²) in [5.74, 6) is 0. The van der Waals surface area contributed by atoms with Crippen molar-refractivity contribution in [3.05, 3.63) is 47.1 Å². The number of rotatable bonds is 6. The minimum atomic E-state index is -0.471. The summed E-state index contributed by atoms with van der Waals surface area (Å²) in [6.07, 6.45) is 4.50. The van der Waals surface area contributed by atoms with Crippen molar-refractivity contribution in [1.29, 1.82) is 0 Å². The minimum absolute atomic E-state index is 0.215. The van der Waals surface area contributed by atoms with Crippen LogP contribution in [0.3, 0.4) is 0 Å². The van der Waals surface area contributed by atoms with Crippen LogP contribution in [-0.2, 0) is 11.2 Å². The van der Waals surface area contributed by atoms with Gasteiger partial charge in [-0.05, 0) is 30.5 Å². The Kier molecular flexibility index (Phi) is 5.70. The van der Waals surface area contributed by atoms with E-state index in [1.807, 2.05) is 12.1 Å². The number of ether oxygens (including phenoxy) is 1. The first-order valence-electron chi connectivity index (χ1n) is 9.21. The third-order valence-corrected chi connectivity index (χ3v) is 5.64. The lowest BCUT2D eigenvalue weighted by Gasteiger charge is -2.38. The van der Waals surface area contributed by atoms with Crippen LogP contribution in [0.2, 0.25) is 5.02 Å². The Morgan fingerprint density at radius 3 is 2.52 bits per heavy atom. The molecule has 25 heavy (non-hydrogen) atoms. The predicted octanol–water partition coefficient (Wildman–Crippen LogP) is 4.48. The van der Waals surface area contributed by atoms with Crippen LogP contribution in [-0.4, -0.2) is 47.7 Å². The van der Waals surface area contributed by atoms with Gasteiger partial charge in [0.15, 0.2) is 5.60 Å². The molecule has 3 rings (SSSR count). The molecule has 0 aromatic heterocycles. The molecule has 0 atom stereocenters. The topological polar surface area (TPSA) is 32.8 Å². The molecule has 1 amide bonds. The van der Waals surface area contributed by atoms with E-state index < -0.39 is 5.60 Å². The van der Waals surface area contributed by atoms with Gasteiger partial charge in [0.05, 0.1) is 5.70 Å². The van der Waals surface area contributed by atoms with Gasteiger partial charge in [-0.25, -0.2) is 4.79 Å². The lowest BCUT2D eigenvalue weighted by molar-refractivity contribution is 0.0150. The SMILES string of the molecule is C=C1N(CCCC)C(=O)OC12CCN(CCc1ccc(Cl)cc1)CC2. The number of likely N-dealkylation sites (tertiary alicyclic amines) is 1. The number of piperidine rings is 1. The molecule has 4 nitrogen and oxygen atoms in total. The zero-order valence-electron chi connectivity index (χ0n) is 15.0. The number of carbonyl (C=O) groups is 1. The summed E-state index contributed by atoms with van der Waals surface area (Å²) in [5, 5.41) is 0.776. The van der Waals surface area contributed by atoms with Gasteiger partial charge in [0, 0.05) is 44.0 Å². The largest absolute Gasteiger partial charge is 0.436 e. The van der Waals surface area contributed by atoms with E-state index in [1.54, 1.807) is 4.90 Å². The van der Waals surface area contributed by atoms with E-state index in [2.05, 4.69) is 30.5 Å². The molecule has 5 heteroatoms. The summed E-state index contributed by atoms with van der Waals surface area (Å²) < 4.78 is 5.78. The van der Waals surface area contributed by atoms with Crippen LogP contribution in [0, 0.1) is 0 Å². The quantitative estimate of drug-likeness (QED) is 0.747. The fraction of sp³-hybridized carbons (Fsp3) is 0.550. The van der Waals surface area contributed by atoms with E-state index in [1.165, 1.54) is 5.56 Å². The van der Waals surface area contributed by atoms with Crippen molar-refractivity contribution in [3.63, 3.8) is 0 Å². The average molecular weight is 363 g/mol. The van der Waals surface area contributed by atoms with Gasteiger partial charge < -0.3 is 9.64 Å². The number of halogens is 1. The molecule has 0 bridgehead atoms. The molecule has 136 valence electrons. The van der Waals surface area contributed by atoms with Crippen LogP contribution in [0.15, 0.2) is 36.5 Å². The number of amides is 1. The maximum atomic E-state index is 12.2. The van der Waals surface area contributed by atoms with Crippen molar-refractivity contribution in [2.24, 2.45) is 0 Å². The lowest BCUT2D eigenvalue weighted by Crippen LogP contribution is -2.46. The van der Waals surface area contributed by atoms with Crippen molar-refractivity contribution in [1.82, 2.24) is 9.80 Å². The van der Waals surface area contributed by atoms with Gasteiger partial charge in [0.25, 0.3) is 0 Å². The van der Waals surface area contributed by atoms with Crippen molar-refractivity contribution in [2.75, 3.05) is 26.2 Å². The van der Waals surface area contributed by atoms with Crippen molar-refractivity contribution in [2.45, 2.75) is 44.6 Å². The fourth-order valence-electron chi connectivity index (χ4n) is 3.65. The maximum absolute atomic E-state index is 12.2. The molecule has 1 spiro atoms. The Bertz CT molecular complexity index is 621. The molecule has 0 N–H and O–H groups in total. The molecular formula is C20H27ClN2O2. The highest BCUT2D eigenvalue weighted by Crippen LogP contribution is 2.40. The zero-order valence-corrected chi connectivity index (χ0v) is 15.7. The zero-order chi connectivity index (χ0) is 17.9. The number of hydrogen-bond donors (Lipinski definition) is 0. The predicted molar refractivity (Wildman–Crippen MR) is 101 cm³/mol. The van der Waals surface area contributed by atoms with Crippen LogP contribution >= 0.6 is 11.6 Å². The summed E-state index contributed by atoms with van der Waals surface area (Å²) in [5.41, 5.74) is 1.69. The van der Waals surface area contributed by atoms with Gasteiger partial charge in [-0.1, -0.05) is 43.7 Å². The Balaban J connectivity index is 1.52. The van der Waals surface area contributed by atoms with Crippen LogP contribution < -0.4 is 0 Å². The van der Waals surface area contributed by atoms with E-state index in [9.17, 15) is 4.79 Å². The molecule has 2 aliphatic heterocycles. The van der Waals surface area contributed by atoms with Gasteiger partial charge in [-0.3, -0.25) is 4.90 Å². The van der Waals surface area contributed by atoms with Crippen LogP contribution in [0.5, 0.6) is 0 Å². The molecule has 2 heterocycles. The smallest absolute Gasteiger partial charge is 0.415 e. The molecule has 0 unspecified atom stereocenters. The number of benzene rings is 1. The van der Waals surface area contributed by atoms with Crippen molar-refractivity contribution < 1.29 is 9.53 Å². The molecular weight excluding hydrogens is 336 g/mol. The monoisotopic (exact) mass is 362 g/mol. The minimum Gasteiger partial charge on any atom is -0.436 e. The van der Waals surface area contributed by atoms with Gasteiger partial charge >= 0.3 is 6.09 Å². The maximum Gasteiger partial charge on any atom is 0.415 e. The normalized spacial score (nSPS) is 20.3. The highest BCUT2D eigenvalue weighted by molar-refractivity contribution is 6.30. The first kappa shape index (κ1) is 18.3. The molecule has 0 radical (unpaired) electrons. The Hall–Kier alpha value is -1.52. The summed E-state index contributed by atoms with van der Waals surface area (Å²) in [6.45, 7) is 9.91. The number of hydrogen-bond acceptors (Lipinski definition) is 3. The fourth-order valence-corrected chi connectivity index (χ4v) is 3.77. The summed E-state index contributed by atoms with van der Waals surface area (Å²) in [7, 11) is 0. The lowest BCUT2D eigenvalue weighted by atomic mass is 9.88. The van der Waals surface area contributed by atoms with Gasteiger partial charge in [0.2, 0.25) is 0 Å². The third kappa shape index (κ3) is 4.01. The van der Waals surface area contributed by atoms with Crippen LogP contribution in [0.1, 0.15) is 38.2 Å². The van der Waals surface area contributed by atoms with Crippen molar-refractivity contribution in [3.8, 4) is 0 Å². The number of carbonyl (C=O) groups excluding carboxylic acids is 1. The Labute approximate surface area is 155 Å². The average Bonchev–Trinajstić information content (AvgIpc) is 2.84. The molecule has 2 saturated heterocycles. The summed E-state index contributed by atoms with van der Waals surface area (Å²) in [6, 6.07) is 8.05. The standard InChI is InChI=1S/C20H27ClN2O2/c1-3-4-12-23-16(2)20(25-19(23)24)10-14-22(15-11-20)13-9-17-5-7-18(21)8-6-17/h5-8H,2-4,9-15H2,1H3. The third-order valence-electron chi connectivity index (χ3n) is 5.38. The Morgan fingerprint density at radius 1 is 1.20 bits per heavy atom. The second-order valence-electron chi connectivity index (χ2n) is 7.03.